The van der Waals surface area contributed by atoms with E-state index in [1.54, 1.807) is 12.1 Å². The standard InChI is InChI=1S/C12H13BrClNO/c13-8-11-5-2-6-15(11)12(16)9-3-1-4-10(14)7-9/h1,3-4,7,11H,2,5-6,8H2/t11-/m0/s1. The van der Waals surface area contributed by atoms with Gasteiger partial charge < -0.3 is 4.90 Å². The van der Waals surface area contributed by atoms with E-state index < -0.39 is 0 Å². The topological polar surface area (TPSA) is 20.3 Å². The van der Waals surface area contributed by atoms with Crippen LogP contribution in [0.5, 0.6) is 0 Å². The minimum absolute atomic E-state index is 0.0875. The lowest BCUT2D eigenvalue weighted by Gasteiger charge is -2.23. The summed E-state index contributed by atoms with van der Waals surface area (Å²) in [5.74, 6) is 0.0875. The maximum Gasteiger partial charge on any atom is 0.254 e. The Morgan fingerprint density at radius 2 is 2.38 bits per heavy atom. The monoisotopic (exact) mass is 301 g/mol. The van der Waals surface area contributed by atoms with Gasteiger partial charge >= 0.3 is 0 Å². The Morgan fingerprint density at radius 1 is 1.56 bits per heavy atom. The van der Waals surface area contributed by atoms with Crippen molar-refractivity contribution in [1.82, 2.24) is 4.90 Å². The van der Waals surface area contributed by atoms with Crippen molar-refractivity contribution < 1.29 is 4.79 Å². The van der Waals surface area contributed by atoms with Crippen molar-refractivity contribution in [3.05, 3.63) is 34.9 Å². The second-order valence-electron chi connectivity index (χ2n) is 3.96. The molecule has 1 aromatic carbocycles. The van der Waals surface area contributed by atoms with Gasteiger partial charge in [0.2, 0.25) is 0 Å². The van der Waals surface area contributed by atoms with Gasteiger partial charge in [-0.15, -0.1) is 0 Å². The van der Waals surface area contributed by atoms with Gasteiger partial charge in [0.15, 0.2) is 0 Å². The van der Waals surface area contributed by atoms with E-state index in [2.05, 4.69) is 15.9 Å². The highest BCUT2D eigenvalue weighted by Crippen LogP contribution is 2.22. The zero-order valence-corrected chi connectivity index (χ0v) is 11.2. The van der Waals surface area contributed by atoms with Crippen LogP contribution in [0.4, 0.5) is 0 Å². The summed E-state index contributed by atoms with van der Waals surface area (Å²) < 4.78 is 0. The predicted molar refractivity (Wildman–Crippen MR) is 69.3 cm³/mol. The summed E-state index contributed by atoms with van der Waals surface area (Å²) in [6, 6.07) is 7.47. The van der Waals surface area contributed by atoms with Crippen molar-refractivity contribution in [2.45, 2.75) is 18.9 Å². The molecule has 2 rings (SSSR count). The van der Waals surface area contributed by atoms with Gasteiger partial charge in [-0.05, 0) is 31.0 Å². The molecule has 2 nitrogen and oxygen atoms in total. The van der Waals surface area contributed by atoms with Gasteiger partial charge in [-0.2, -0.15) is 0 Å². The molecule has 1 heterocycles. The number of halogens is 2. The fraction of sp³-hybridized carbons (Fsp3) is 0.417. The van der Waals surface area contributed by atoms with E-state index >= 15 is 0 Å². The lowest BCUT2D eigenvalue weighted by Crippen LogP contribution is -2.36. The maximum absolute atomic E-state index is 12.2. The van der Waals surface area contributed by atoms with Crippen LogP contribution in [-0.4, -0.2) is 28.7 Å². The highest BCUT2D eigenvalue weighted by atomic mass is 79.9. The summed E-state index contributed by atoms with van der Waals surface area (Å²) >= 11 is 9.34. The van der Waals surface area contributed by atoms with E-state index in [1.165, 1.54) is 0 Å². The summed E-state index contributed by atoms with van der Waals surface area (Å²) in [6.07, 6.45) is 2.17. The normalized spacial score (nSPS) is 20.1. The van der Waals surface area contributed by atoms with Crippen LogP contribution in [0.2, 0.25) is 5.02 Å². The van der Waals surface area contributed by atoms with Crippen LogP contribution in [0.25, 0.3) is 0 Å². The zero-order chi connectivity index (χ0) is 11.5. The van der Waals surface area contributed by atoms with E-state index in [-0.39, 0.29) is 5.91 Å². The van der Waals surface area contributed by atoms with Gasteiger partial charge in [-0.3, -0.25) is 4.79 Å². The number of amides is 1. The van der Waals surface area contributed by atoms with Crippen molar-refractivity contribution in [2.24, 2.45) is 0 Å². The quantitative estimate of drug-likeness (QED) is 0.767. The second-order valence-corrected chi connectivity index (χ2v) is 5.04. The molecule has 0 N–H and O–H groups in total. The average Bonchev–Trinajstić information content (AvgIpc) is 2.76. The summed E-state index contributed by atoms with van der Waals surface area (Å²) in [5.41, 5.74) is 0.681. The van der Waals surface area contributed by atoms with Crippen LogP contribution in [0.3, 0.4) is 0 Å². The molecule has 1 aromatic rings. The number of likely N-dealkylation sites (tertiary alicyclic amines) is 1. The molecule has 4 heteroatoms. The third-order valence-corrected chi connectivity index (χ3v) is 3.87. The molecule has 0 aliphatic carbocycles. The molecule has 0 aromatic heterocycles. The highest BCUT2D eigenvalue weighted by molar-refractivity contribution is 9.09. The highest BCUT2D eigenvalue weighted by Gasteiger charge is 2.28. The third-order valence-electron chi connectivity index (χ3n) is 2.89. The minimum atomic E-state index is 0.0875. The molecule has 0 saturated carbocycles. The van der Waals surface area contributed by atoms with Crippen molar-refractivity contribution >= 4 is 33.4 Å². The number of alkyl halides is 1. The van der Waals surface area contributed by atoms with Gasteiger partial charge in [-0.25, -0.2) is 0 Å². The third kappa shape index (κ3) is 2.41. The Labute approximate surface area is 109 Å². The van der Waals surface area contributed by atoms with Crippen LogP contribution >= 0.6 is 27.5 Å². The fourth-order valence-corrected chi connectivity index (χ4v) is 2.91. The molecule has 1 amide bonds. The van der Waals surface area contributed by atoms with E-state index in [1.807, 2.05) is 17.0 Å². The van der Waals surface area contributed by atoms with E-state index in [4.69, 9.17) is 11.6 Å². The number of hydrogen-bond acceptors (Lipinski definition) is 1. The SMILES string of the molecule is O=C(c1cccc(Cl)c1)N1CCC[C@H]1CBr. The Bertz CT molecular complexity index is 396. The fourth-order valence-electron chi connectivity index (χ4n) is 2.05. The molecule has 16 heavy (non-hydrogen) atoms. The number of hydrogen-bond donors (Lipinski definition) is 0. The van der Waals surface area contributed by atoms with Crippen LogP contribution in [0.15, 0.2) is 24.3 Å². The first-order chi connectivity index (χ1) is 7.72. The van der Waals surface area contributed by atoms with E-state index in [0.29, 0.717) is 16.6 Å². The van der Waals surface area contributed by atoms with E-state index in [0.717, 1.165) is 24.7 Å². The zero-order valence-electron chi connectivity index (χ0n) is 8.83. The largest absolute Gasteiger partial charge is 0.335 e. The molecule has 0 unspecified atom stereocenters. The maximum atomic E-state index is 12.2. The van der Waals surface area contributed by atoms with Crippen molar-refractivity contribution in [3.63, 3.8) is 0 Å². The summed E-state index contributed by atoms with van der Waals surface area (Å²) in [7, 11) is 0. The molecule has 1 aliphatic heterocycles. The van der Waals surface area contributed by atoms with Crippen molar-refractivity contribution in [2.75, 3.05) is 11.9 Å². The lowest BCUT2D eigenvalue weighted by molar-refractivity contribution is 0.0750. The summed E-state index contributed by atoms with van der Waals surface area (Å²) in [5, 5.41) is 1.46. The van der Waals surface area contributed by atoms with E-state index in [9.17, 15) is 4.79 Å². The van der Waals surface area contributed by atoms with Crippen molar-refractivity contribution in [3.8, 4) is 0 Å². The van der Waals surface area contributed by atoms with Crippen LogP contribution in [0, 0.1) is 0 Å². The van der Waals surface area contributed by atoms with Crippen LogP contribution in [-0.2, 0) is 0 Å². The smallest absolute Gasteiger partial charge is 0.254 e. The molecular weight excluding hydrogens is 289 g/mol. The van der Waals surface area contributed by atoms with Gasteiger partial charge in [-0.1, -0.05) is 33.6 Å². The Morgan fingerprint density at radius 3 is 3.06 bits per heavy atom. The first-order valence-electron chi connectivity index (χ1n) is 5.35. The first-order valence-corrected chi connectivity index (χ1v) is 6.85. The Hall–Kier alpha value is -0.540. The summed E-state index contributed by atoms with van der Waals surface area (Å²) in [6.45, 7) is 0.849. The van der Waals surface area contributed by atoms with Crippen molar-refractivity contribution in [1.29, 1.82) is 0 Å². The number of nitrogens with zero attached hydrogens (tertiary/aromatic N) is 1. The molecule has 1 saturated heterocycles. The second kappa shape index (κ2) is 5.19. The molecule has 0 spiro atoms. The average molecular weight is 303 g/mol. The minimum Gasteiger partial charge on any atom is -0.335 e. The molecular formula is C12H13BrClNO. The number of carbonyl (C=O) groups excluding carboxylic acids is 1. The molecule has 1 atom stereocenters. The molecule has 1 aliphatic rings. The molecule has 0 radical (unpaired) electrons. The number of benzene rings is 1. The molecule has 0 bridgehead atoms. The van der Waals surface area contributed by atoms with Gasteiger partial charge in [0.1, 0.15) is 0 Å². The molecule has 86 valence electrons. The molecule has 1 fully saturated rings. The Balaban J connectivity index is 2.18. The van der Waals surface area contributed by atoms with Gasteiger partial charge in [0.05, 0.1) is 0 Å². The lowest BCUT2D eigenvalue weighted by atomic mass is 10.2. The Kier molecular flexibility index (Phi) is 3.87. The predicted octanol–water partition coefficient (Wildman–Crippen LogP) is 3.34. The van der Waals surface area contributed by atoms with Gasteiger partial charge in [0, 0.05) is 28.5 Å². The van der Waals surface area contributed by atoms with Crippen LogP contribution in [0.1, 0.15) is 23.2 Å². The van der Waals surface area contributed by atoms with Crippen LogP contribution < -0.4 is 0 Å². The number of rotatable bonds is 2. The number of carbonyl (C=O) groups is 1. The summed E-state index contributed by atoms with van der Waals surface area (Å²) in [4.78, 5) is 14.1. The first kappa shape index (κ1) is 11.9. The van der Waals surface area contributed by atoms with Gasteiger partial charge in [0.25, 0.3) is 5.91 Å².